The molecule has 2 aromatic rings. The zero-order chi connectivity index (χ0) is 15.1. The second-order valence-corrected chi connectivity index (χ2v) is 4.29. The van der Waals surface area contributed by atoms with Gasteiger partial charge < -0.3 is 9.73 Å². The molecule has 0 fully saturated rings. The minimum Gasteiger partial charge on any atom is -0.463 e. The molecule has 6 heteroatoms. The lowest BCUT2D eigenvalue weighted by atomic mass is 10.3. The molecule has 0 radical (unpaired) electrons. The van der Waals surface area contributed by atoms with Crippen molar-refractivity contribution in [2.24, 2.45) is 10.2 Å². The predicted molar refractivity (Wildman–Crippen MR) is 82.6 cm³/mol. The van der Waals surface area contributed by atoms with E-state index in [-0.39, 0.29) is 6.03 Å². The number of nitrogens with zero attached hydrogens (tertiary/aromatic N) is 2. The molecule has 0 bridgehead atoms. The SMILES string of the molecule is C/C(=N\N=C(/C)c1ccco1)NC(=O)Nc1ccccc1. The topological polar surface area (TPSA) is 79.0 Å². The third kappa shape index (κ3) is 4.61. The molecule has 108 valence electrons. The molecule has 0 aliphatic rings. The number of amidine groups is 1. The van der Waals surface area contributed by atoms with E-state index in [1.807, 2.05) is 18.2 Å². The third-order valence-electron chi connectivity index (χ3n) is 2.55. The Labute approximate surface area is 122 Å². The van der Waals surface area contributed by atoms with Crippen LogP contribution in [-0.2, 0) is 0 Å². The summed E-state index contributed by atoms with van der Waals surface area (Å²) in [6.45, 7) is 3.43. The molecule has 0 saturated heterocycles. The van der Waals surface area contributed by atoms with E-state index in [1.54, 1.807) is 44.4 Å². The van der Waals surface area contributed by atoms with Gasteiger partial charge in [-0.25, -0.2) is 4.79 Å². The van der Waals surface area contributed by atoms with E-state index in [4.69, 9.17) is 4.42 Å². The highest BCUT2D eigenvalue weighted by atomic mass is 16.3. The molecule has 21 heavy (non-hydrogen) atoms. The van der Waals surface area contributed by atoms with Gasteiger partial charge in [0.1, 0.15) is 17.3 Å². The van der Waals surface area contributed by atoms with Crippen LogP contribution in [0.5, 0.6) is 0 Å². The summed E-state index contributed by atoms with van der Waals surface area (Å²) in [6, 6.07) is 12.4. The summed E-state index contributed by atoms with van der Waals surface area (Å²) < 4.78 is 5.19. The number of urea groups is 1. The number of furan rings is 1. The maximum atomic E-state index is 11.7. The molecule has 1 aromatic heterocycles. The molecule has 0 unspecified atom stereocenters. The van der Waals surface area contributed by atoms with E-state index in [9.17, 15) is 4.79 Å². The van der Waals surface area contributed by atoms with Crippen LogP contribution < -0.4 is 10.6 Å². The minimum absolute atomic E-state index is 0.367. The number of carbonyl (C=O) groups is 1. The van der Waals surface area contributed by atoms with Crippen LogP contribution >= 0.6 is 0 Å². The Bertz CT molecular complexity index is 646. The standard InChI is InChI=1S/C15H16N4O2/c1-11(14-9-6-10-21-14)18-19-12(2)16-15(20)17-13-7-4-3-5-8-13/h3-10H,1-2H3,(H2,16,17,19,20)/b18-11+. The summed E-state index contributed by atoms with van der Waals surface area (Å²) in [5, 5.41) is 13.2. The number of carbonyl (C=O) groups excluding carboxylic acids is 1. The second-order valence-electron chi connectivity index (χ2n) is 4.29. The number of rotatable bonds is 3. The number of hydrogen-bond donors (Lipinski definition) is 2. The van der Waals surface area contributed by atoms with Crippen LogP contribution in [0.2, 0.25) is 0 Å². The number of nitrogens with one attached hydrogen (secondary N) is 2. The second kappa shape index (κ2) is 7.04. The lowest BCUT2D eigenvalue weighted by Crippen LogP contribution is -2.32. The van der Waals surface area contributed by atoms with Gasteiger partial charge in [0, 0.05) is 5.69 Å². The van der Waals surface area contributed by atoms with Gasteiger partial charge in [-0.05, 0) is 38.1 Å². The molecule has 0 atom stereocenters. The summed E-state index contributed by atoms with van der Waals surface area (Å²) in [5.74, 6) is 1.02. The first-order valence-electron chi connectivity index (χ1n) is 6.41. The number of amides is 2. The van der Waals surface area contributed by atoms with Crippen LogP contribution in [0.25, 0.3) is 0 Å². The number of benzene rings is 1. The number of para-hydroxylation sites is 1. The molecule has 1 aromatic carbocycles. The molecule has 2 rings (SSSR count). The highest BCUT2D eigenvalue weighted by molar-refractivity contribution is 6.03. The summed E-state index contributed by atoms with van der Waals surface area (Å²) in [7, 11) is 0. The zero-order valence-corrected chi connectivity index (χ0v) is 11.8. The van der Waals surface area contributed by atoms with Gasteiger partial charge in [-0.2, -0.15) is 5.10 Å². The molecule has 1 heterocycles. The van der Waals surface area contributed by atoms with Crippen molar-refractivity contribution in [3.8, 4) is 0 Å². The third-order valence-corrected chi connectivity index (χ3v) is 2.55. The minimum atomic E-state index is -0.367. The fraction of sp³-hybridized carbons (Fsp3) is 0.133. The molecular formula is C15H16N4O2. The smallest absolute Gasteiger partial charge is 0.324 e. The van der Waals surface area contributed by atoms with Crippen molar-refractivity contribution in [1.29, 1.82) is 0 Å². The Kier molecular flexibility index (Phi) is 4.87. The van der Waals surface area contributed by atoms with Gasteiger partial charge >= 0.3 is 6.03 Å². The van der Waals surface area contributed by atoms with Crippen molar-refractivity contribution in [3.63, 3.8) is 0 Å². The molecule has 0 spiro atoms. The van der Waals surface area contributed by atoms with E-state index in [0.717, 1.165) is 0 Å². The van der Waals surface area contributed by atoms with Crippen molar-refractivity contribution in [2.45, 2.75) is 13.8 Å². The molecule has 2 N–H and O–H groups in total. The van der Waals surface area contributed by atoms with Gasteiger partial charge in [0.15, 0.2) is 0 Å². The van der Waals surface area contributed by atoms with E-state index >= 15 is 0 Å². The van der Waals surface area contributed by atoms with Gasteiger partial charge in [-0.3, -0.25) is 5.32 Å². The van der Waals surface area contributed by atoms with Crippen LogP contribution in [0.15, 0.2) is 63.3 Å². The van der Waals surface area contributed by atoms with Crippen LogP contribution in [-0.4, -0.2) is 17.6 Å². The first kappa shape index (κ1) is 14.5. The maximum Gasteiger partial charge on any atom is 0.324 e. The van der Waals surface area contributed by atoms with Crippen LogP contribution in [0.1, 0.15) is 19.6 Å². The molecule has 0 aliphatic carbocycles. The maximum absolute atomic E-state index is 11.7. The molecular weight excluding hydrogens is 268 g/mol. The van der Waals surface area contributed by atoms with Gasteiger partial charge in [-0.1, -0.05) is 18.2 Å². The zero-order valence-electron chi connectivity index (χ0n) is 11.8. The lowest BCUT2D eigenvalue weighted by Gasteiger charge is -2.05. The van der Waals surface area contributed by atoms with Crippen molar-refractivity contribution < 1.29 is 9.21 Å². The van der Waals surface area contributed by atoms with E-state index in [0.29, 0.717) is 23.0 Å². The number of anilines is 1. The average molecular weight is 284 g/mol. The summed E-state index contributed by atoms with van der Waals surface area (Å²) in [6.07, 6.45) is 1.57. The van der Waals surface area contributed by atoms with Crippen LogP contribution in [0.4, 0.5) is 10.5 Å². The predicted octanol–water partition coefficient (Wildman–Crippen LogP) is 3.24. The van der Waals surface area contributed by atoms with Gasteiger partial charge in [0.2, 0.25) is 0 Å². The lowest BCUT2D eigenvalue weighted by molar-refractivity contribution is 0.256. The Hall–Kier alpha value is -2.89. The fourth-order valence-electron chi connectivity index (χ4n) is 1.56. The van der Waals surface area contributed by atoms with E-state index in [1.165, 1.54) is 0 Å². The Morgan fingerprint density at radius 2 is 1.81 bits per heavy atom. The van der Waals surface area contributed by atoms with Gasteiger partial charge in [0.05, 0.1) is 6.26 Å². The van der Waals surface area contributed by atoms with Crippen molar-refractivity contribution >= 4 is 23.3 Å². The van der Waals surface area contributed by atoms with E-state index < -0.39 is 0 Å². The average Bonchev–Trinajstić information content (AvgIpc) is 3.00. The fourth-order valence-corrected chi connectivity index (χ4v) is 1.56. The monoisotopic (exact) mass is 284 g/mol. The molecule has 2 amide bonds. The largest absolute Gasteiger partial charge is 0.463 e. The van der Waals surface area contributed by atoms with Crippen molar-refractivity contribution in [3.05, 3.63) is 54.5 Å². The summed E-state index contributed by atoms with van der Waals surface area (Å²) in [4.78, 5) is 11.7. The normalized spacial score (nSPS) is 12.1. The Balaban J connectivity index is 1.91. The number of hydrogen-bond acceptors (Lipinski definition) is 4. The van der Waals surface area contributed by atoms with Crippen LogP contribution in [0, 0.1) is 0 Å². The van der Waals surface area contributed by atoms with Gasteiger partial charge in [-0.15, -0.1) is 5.10 Å². The van der Waals surface area contributed by atoms with Crippen LogP contribution in [0.3, 0.4) is 0 Å². The summed E-state index contributed by atoms with van der Waals surface area (Å²) in [5.41, 5.74) is 1.34. The quantitative estimate of drug-likeness (QED) is 0.515. The molecule has 0 aliphatic heterocycles. The van der Waals surface area contributed by atoms with Crippen molar-refractivity contribution in [1.82, 2.24) is 5.32 Å². The molecule has 0 saturated carbocycles. The highest BCUT2D eigenvalue weighted by Gasteiger charge is 2.03. The highest BCUT2D eigenvalue weighted by Crippen LogP contribution is 2.04. The Morgan fingerprint density at radius 3 is 2.48 bits per heavy atom. The summed E-state index contributed by atoms with van der Waals surface area (Å²) >= 11 is 0. The first-order valence-corrected chi connectivity index (χ1v) is 6.41. The van der Waals surface area contributed by atoms with Crippen molar-refractivity contribution in [2.75, 3.05) is 5.32 Å². The van der Waals surface area contributed by atoms with E-state index in [2.05, 4.69) is 20.8 Å². The first-order chi connectivity index (χ1) is 10.1. The Morgan fingerprint density at radius 1 is 1.05 bits per heavy atom. The molecule has 6 nitrogen and oxygen atoms in total. The van der Waals surface area contributed by atoms with Gasteiger partial charge in [0.25, 0.3) is 0 Å².